The van der Waals surface area contributed by atoms with E-state index in [2.05, 4.69) is 15.5 Å². The van der Waals surface area contributed by atoms with Crippen LogP contribution in [-0.2, 0) is 4.79 Å². The molecule has 1 atom stereocenters. The van der Waals surface area contributed by atoms with Gasteiger partial charge >= 0.3 is 0 Å². The maximum atomic E-state index is 12.4. The van der Waals surface area contributed by atoms with Crippen LogP contribution in [0.3, 0.4) is 0 Å². The van der Waals surface area contributed by atoms with Crippen LogP contribution in [-0.4, -0.2) is 63.2 Å². The Morgan fingerprint density at radius 1 is 1.45 bits per heavy atom. The molecule has 122 valence electrons. The number of nitrogens with zero attached hydrogens (tertiary/aromatic N) is 3. The molecular weight excluding hydrogens is 288 g/mol. The first-order valence-corrected chi connectivity index (χ1v) is 7.34. The normalized spacial score (nSPS) is 18.7. The summed E-state index contributed by atoms with van der Waals surface area (Å²) in [7, 11) is 0. The molecule has 1 aromatic rings. The van der Waals surface area contributed by atoms with E-state index >= 15 is 0 Å². The van der Waals surface area contributed by atoms with Gasteiger partial charge in [-0.1, -0.05) is 0 Å². The minimum Gasteiger partial charge on any atom is -0.419 e. The zero-order valence-corrected chi connectivity index (χ0v) is 13.1. The second-order valence-electron chi connectivity index (χ2n) is 6.13. The van der Waals surface area contributed by atoms with Crippen LogP contribution in [0.15, 0.2) is 4.42 Å². The van der Waals surface area contributed by atoms with E-state index in [0.717, 1.165) is 6.42 Å². The fourth-order valence-electron chi connectivity index (χ4n) is 2.35. The van der Waals surface area contributed by atoms with Crippen LogP contribution in [0.2, 0.25) is 0 Å². The number of aromatic nitrogens is 2. The number of aryl methyl sites for hydroxylation is 1. The van der Waals surface area contributed by atoms with E-state index in [-0.39, 0.29) is 30.7 Å². The Morgan fingerprint density at radius 2 is 2.18 bits per heavy atom. The number of aliphatic hydroxyl groups excluding tert-OH is 1. The Balaban J connectivity index is 2.01. The zero-order valence-electron chi connectivity index (χ0n) is 13.1. The van der Waals surface area contributed by atoms with Gasteiger partial charge in [-0.3, -0.25) is 9.59 Å². The highest BCUT2D eigenvalue weighted by atomic mass is 16.4. The fourth-order valence-corrected chi connectivity index (χ4v) is 2.35. The molecule has 0 saturated carbocycles. The van der Waals surface area contributed by atoms with Gasteiger partial charge in [0.25, 0.3) is 5.89 Å². The third-order valence-corrected chi connectivity index (χ3v) is 3.73. The SMILES string of the molecule is Cc1nnc(C(=O)[C@@H]2CCCN2C(=O)CNC(C)(C)CO)o1. The van der Waals surface area contributed by atoms with Gasteiger partial charge in [0.2, 0.25) is 17.6 Å². The first kappa shape index (κ1) is 16.6. The molecule has 1 saturated heterocycles. The second kappa shape index (κ2) is 6.53. The lowest BCUT2D eigenvalue weighted by Gasteiger charge is -2.27. The molecule has 8 nitrogen and oxygen atoms in total. The van der Waals surface area contributed by atoms with Gasteiger partial charge in [-0.25, -0.2) is 0 Å². The number of likely N-dealkylation sites (tertiary alicyclic amines) is 1. The number of nitrogens with one attached hydrogen (secondary N) is 1. The van der Waals surface area contributed by atoms with E-state index in [1.54, 1.807) is 25.7 Å². The third-order valence-electron chi connectivity index (χ3n) is 3.73. The highest BCUT2D eigenvalue weighted by Gasteiger charge is 2.37. The number of carbonyl (C=O) groups is 2. The molecule has 0 unspecified atom stereocenters. The van der Waals surface area contributed by atoms with Gasteiger partial charge in [-0.15, -0.1) is 10.2 Å². The number of rotatable bonds is 6. The molecular formula is C14H22N4O4. The van der Waals surface area contributed by atoms with Gasteiger partial charge in [0.1, 0.15) is 6.04 Å². The average Bonchev–Trinajstić information content (AvgIpc) is 3.13. The molecule has 2 heterocycles. The van der Waals surface area contributed by atoms with Crippen molar-refractivity contribution in [3.63, 3.8) is 0 Å². The van der Waals surface area contributed by atoms with Crippen molar-refractivity contribution in [2.45, 2.75) is 45.2 Å². The first-order valence-electron chi connectivity index (χ1n) is 7.34. The van der Waals surface area contributed by atoms with Crippen LogP contribution in [0.25, 0.3) is 0 Å². The number of hydrogen-bond acceptors (Lipinski definition) is 7. The average molecular weight is 310 g/mol. The van der Waals surface area contributed by atoms with Crippen molar-refractivity contribution in [1.29, 1.82) is 0 Å². The Kier molecular flexibility index (Phi) is 4.92. The summed E-state index contributed by atoms with van der Waals surface area (Å²) >= 11 is 0. The molecule has 22 heavy (non-hydrogen) atoms. The van der Waals surface area contributed by atoms with Gasteiger partial charge in [-0.05, 0) is 26.7 Å². The fraction of sp³-hybridized carbons (Fsp3) is 0.714. The van der Waals surface area contributed by atoms with Crippen molar-refractivity contribution < 1.29 is 19.1 Å². The van der Waals surface area contributed by atoms with E-state index in [4.69, 9.17) is 4.42 Å². The molecule has 2 N–H and O–H groups in total. The maximum Gasteiger partial charge on any atom is 0.286 e. The number of aliphatic hydroxyl groups is 1. The highest BCUT2D eigenvalue weighted by Crippen LogP contribution is 2.21. The molecule has 1 aliphatic rings. The van der Waals surface area contributed by atoms with E-state index in [1.165, 1.54) is 0 Å². The lowest BCUT2D eigenvalue weighted by atomic mass is 10.1. The quantitative estimate of drug-likeness (QED) is 0.707. The van der Waals surface area contributed by atoms with Crippen molar-refractivity contribution >= 4 is 11.7 Å². The Bertz CT molecular complexity index is 555. The molecule has 1 aliphatic heterocycles. The van der Waals surface area contributed by atoms with Crippen LogP contribution < -0.4 is 5.32 Å². The van der Waals surface area contributed by atoms with Crippen LogP contribution in [0.1, 0.15) is 43.3 Å². The van der Waals surface area contributed by atoms with Crippen LogP contribution in [0, 0.1) is 6.92 Å². The standard InChI is InChI=1S/C14H22N4O4/c1-9-16-17-13(22-9)12(21)10-5-4-6-18(10)11(20)7-15-14(2,3)8-19/h10,15,19H,4-8H2,1-3H3/t10-/m0/s1. The predicted octanol–water partition coefficient (Wildman–Crippen LogP) is -0.0878. The van der Waals surface area contributed by atoms with Crippen molar-refractivity contribution in [2.24, 2.45) is 0 Å². The van der Waals surface area contributed by atoms with E-state index in [1.807, 2.05) is 0 Å². The number of amides is 1. The summed E-state index contributed by atoms with van der Waals surface area (Å²) < 4.78 is 5.16. The molecule has 0 spiro atoms. The van der Waals surface area contributed by atoms with Crippen molar-refractivity contribution in [3.05, 3.63) is 11.8 Å². The van der Waals surface area contributed by atoms with Crippen molar-refractivity contribution in [3.8, 4) is 0 Å². The number of ketones is 1. The summed E-state index contributed by atoms with van der Waals surface area (Å²) in [4.78, 5) is 26.2. The van der Waals surface area contributed by atoms with Crippen molar-refractivity contribution in [1.82, 2.24) is 20.4 Å². The summed E-state index contributed by atoms with van der Waals surface area (Å²) in [6, 6.07) is -0.550. The molecule has 2 rings (SSSR count). The maximum absolute atomic E-state index is 12.4. The smallest absolute Gasteiger partial charge is 0.286 e. The number of Topliss-reactive ketones (excluding diaryl/α,β-unsaturated/α-hetero) is 1. The van der Waals surface area contributed by atoms with Crippen LogP contribution in [0.5, 0.6) is 0 Å². The summed E-state index contributed by atoms with van der Waals surface area (Å²) in [6.45, 7) is 5.73. The molecule has 1 aromatic heterocycles. The van der Waals surface area contributed by atoms with Gasteiger partial charge in [0, 0.05) is 19.0 Å². The lowest BCUT2D eigenvalue weighted by Crippen LogP contribution is -2.50. The molecule has 1 amide bonds. The monoisotopic (exact) mass is 310 g/mol. The van der Waals surface area contributed by atoms with E-state index < -0.39 is 11.6 Å². The van der Waals surface area contributed by atoms with Gasteiger partial charge in [-0.2, -0.15) is 0 Å². The minimum atomic E-state index is -0.550. The lowest BCUT2D eigenvalue weighted by molar-refractivity contribution is -0.130. The third kappa shape index (κ3) is 3.69. The van der Waals surface area contributed by atoms with E-state index in [0.29, 0.717) is 18.9 Å². The molecule has 8 heteroatoms. The molecule has 1 fully saturated rings. The summed E-state index contributed by atoms with van der Waals surface area (Å²) in [6.07, 6.45) is 1.36. The topological polar surface area (TPSA) is 109 Å². The van der Waals surface area contributed by atoms with Gasteiger partial charge < -0.3 is 19.7 Å². The van der Waals surface area contributed by atoms with Gasteiger partial charge in [0.15, 0.2) is 0 Å². The van der Waals surface area contributed by atoms with Gasteiger partial charge in [0.05, 0.1) is 13.2 Å². The Morgan fingerprint density at radius 3 is 2.77 bits per heavy atom. The predicted molar refractivity (Wildman–Crippen MR) is 77.3 cm³/mol. The Hall–Kier alpha value is -1.80. The molecule has 0 radical (unpaired) electrons. The number of hydrogen-bond donors (Lipinski definition) is 2. The van der Waals surface area contributed by atoms with Crippen molar-refractivity contribution in [2.75, 3.05) is 19.7 Å². The summed E-state index contributed by atoms with van der Waals surface area (Å²) in [5.41, 5.74) is -0.543. The molecule has 0 aliphatic carbocycles. The minimum absolute atomic E-state index is 0.0501. The largest absolute Gasteiger partial charge is 0.419 e. The first-order chi connectivity index (χ1) is 10.3. The highest BCUT2D eigenvalue weighted by molar-refractivity contribution is 5.98. The summed E-state index contributed by atoms with van der Waals surface area (Å²) in [5.74, 6) is -0.210. The second-order valence-corrected chi connectivity index (χ2v) is 6.13. The molecule has 0 bridgehead atoms. The zero-order chi connectivity index (χ0) is 16.3. The molecule has 0 aromatic carbocycles. The number of carbonyl (C=O) groups excluding carboxylic acids is 2. The van der Waals surface area contributed by atoms with Crippen LogP contribution >= 0.6 is 0 Å². The van der Waals surface area contributed by atoms with Crippen LogP contribution in [0.4, 0.5) is 0 Å². The Labute approximate surface area is 128 Å². The summed E-state index contributed by atoms with van der Waals surface area (Å²) in [5, 5.41) is 19.6. The van der Waals surface area contributed by atoms with E-state index in [9.17, 15) is 14.7 Å².